The molecule has 2 N–H and O–H groups in total. The van der Waals surface area contributed by atoms with E-state index in [-0.39, 0.29) is 37.5 Å². The molecule has 0 aliphatic heterocycles. The number of carboxylic acids is 1. The molecule has 136 valence electrons. The molecular formula is C16H20N2O6S. The van der Waals surface area contributed by atoms with Crippen LogP contribution in [0.5, 0.6) is 0 Å². The van der Waals surface area contributed by atoms with Gasteiger partial charge in [-0.3, -0.25) is 14.3 Å². The van der Waals surface area contributed by atoms with Gasteiger partial charge in [-0.2, -0.15) is 0 Å². The van der Waals surface area contributed by atoms with Crippen LogP contribution in [0.2, 0.25) is 0 Å². The number of nitrogens with zero attached hydrogens (tertiary/aromatic N) is 1. The number of benzene rings is 1. The minimum Gasteiger partial charge on any atom is -0.481 e. The summed E-state index contributed by atoms with van der Waals surface area (Å²) in [7, 11) is -2.09. The number of carbonyl (C=O) groups excluding carboxylic acids is 1. The predicted molar refractivity (Wildman–Crippen MR) is 93.1 cm³/mol. The zero-order chi connectivity index (χ0) is 18.4. The Morgan fingerprint density at radius 1 is 1.24 bits per heavy atom. The zero-order valence-electron chi connectivity index (χ0n) is 13.8. The van der Waals surface area contributed by atoms with Gasteiger partial charge in [-0.15, -0.1) is 0 Å². The van der Waals surface area contributed by atoms with E-state index in [1.165, 1.54) is 7.11 Å². The normalized spacial score (nSPS) is 11.6. The summed E-state index contributed by atoms with van der Waals surface area (Å²) in [6.45, 7) is 0.128. The summed E-state index contributed by atoms with van der Waals surface area (Å²) in [4.78, 5) is 22.4. The fourth-order valence-corrected chi connectivity index (χ4v) is 3.30. The number of sulfonamides is 1. The van der Waals surface area contributed by atoms with E-state index in [9.17, 15) is 18.0 Å². The number of anilines is 1. The number of hydrogen-bond donors (Lipinski definition) is 2. The van der Waals surface area contributed by atoms with Gasteiger partial charge in [0.1, 0.15) is 0 Å². The van der Waals surface area contributed by atoms with Crippen LogP contribution < -0.4 is 4.72 Å². The standard InChI is InChI=1S/C16H20N2O6S/c1-24-8-9-25(22,23)17-13-3-2-12-6-7-18(15(12)10-13)11-14(19)4-5-16(20)21/h2-3,6-7,10,17H,4-5,8-9,11H2,1H3,(H,20,21). The number of ether oxygens (including phenoxy) is 1. The van der Waals surface area contributed by atoms with E-state index >= 15 is 0 Å². The van der Waals surface area contributed by atoms with Crippen LogP contribution in [0, 0.1) is 0 Å². The molecule has 2 aromatic rings. The summed E-state index contributed by atoms with van der Waals surface area (Å²) < 4.78 is 32.8. The van der Waals surface area contributed by atoms with Gasteiger partial charge in [0.25, 0.3) is 0 Å². The second-order valence-corrected chi connectivity index (χ2v) is 7.41. The molecule has 25 heavy (non-hydrogen) atoms. The van der Waals surface area contributed by atoms with Gasteiger partial charge in [-0.05, 0) is 23.6 Å². The van der Waals surface area contributed by atoms with E-state index in [1.54, 1.807) is 29.0 Å². The van der Waals surface area contributed by atoms with Crippen LogP contribution in [0.25, 0.3) is 10.9 Å². The smallest absolute Gasteiger partial charge is 0.303 e. The van der Waals surface area contributed by atoms with Crippen molar-refractivity contribution in [2.45, 2.75) is 19.4 Å². The highest BCUT2D eigenvalue weighted by Gasteiger charge is 2.12. The van der Waals surface area contributed by atoms with Crippen molar-refractivity contribution in [1.82, 2.24) is 4.57 Å². The number of fused-ring (bicyclic) bond motifs is 1. The average molecular weight is 368 g/mol. The second-order valence-electron chi connectivity index (χ2n) is 5.56. The Kier molecular flexibility index (Phi) is 6.16. The molecule has 8 nitrogen and oxygen atoms in total. The third-order valence-electron chi connectivity index (χ3n) is 3.57. The van der Waals surface area contributed by atoms with Gasteiger partial charge < -0.3 is 14.4 Å². The molecule has 0 amide bonds. The maximum Gasteiger partial charge on any atom is 0.303 e. The van der Waals surface area contributed by atoms with E-state index in [0.717, 1.165) is 5.39 Å². The summed E-state index contributed by atoms with van der Waals surface area (Å²) in [5.74, 6) is -1.37. The molecule has 0 saturated carbocycles. The van der Waals surface area contributed by atoms with Crippen LogP contribution >= 0.6 is 0 Å². The Morgan fingerprint density at radius 3 is 2.68 bits per heavy atom. The number of carboxylic acid groups (broad SMARTS) is 1. The minimum absolute atomic E-state index is 0.0384. The van der Waals surface area contributed by atoms with Crippen molar-refractivity contribution in [3.63, 3.8) is 0 Å². The lowest BCUT2D eigenvalue weighted by molar-refractivity contribution is -0.138. The van der Waals surface area contributed by atoms with E-state index < -0.39 is 16.0 Å². The first-order chi connectivity index (χ1) is 11.8. The van der Waals surface area contributed by atoms with Crippen molar-refractivity contribution in [3.05, 3.63) is 30.5 Å². The van der Waals surface area contributed by atoms with Crippen molar-refractivity contribution in [2.75, 3.05) is 24.2 Å². The maximum absolute atomic E-state index is 11.9. The van der Waals surface area contributed by atoms with Gasteiger partial charge in [0.05, 0.1) is 36.5 Å². The highest BCUT2D eigenvalue weighted by Crippen LogP contribution is 2.21. The van der Waals surface area contributed by atoms with Crippen molar-refractivity contribution in [2.24, 2.45) is 0 Å². The largest absolute Gasteiger partial charge is 0.481 e. The minimum atomic E-state index is -3.52. The summed E-state index contributed by atoms with van der Waals surface area (Å²) in [6.07, 6.45) is 1.47. The summed E-state index contributed by atoms with van der Waals surface area (Å²) in [6, 6.07) is 6.85. The topological polar surface area (TPSA) is 115 Å². The molecule has 1 heterocycles. The van der Waals surface area contributed by atoms with Gasteiger partial charge in [0.15, 0.2) is 5.78 Å². The number of aliphatic carboxylic acids is 1. The first kappa shape index (κ1) is 18.9. The quantitative estimate of drug-likeness (QED) is 0.656. The lowest BCUT2D eigenvalue weighted by Crippen LogP contribution is -2.19. The molecule has 1 aromatic heterocycles. The number of methoxy groups -OCH3 is 1. The van der Waals surface area contributed by atoms with Gasteiger partial charge in [0.2, 0.25) is 10.0 Å². The second kappa shape index (κ2) is 8.13. The van der Waals surface area contributed by atoms with E-state index in [1.807, 2.05) is 6.07 Å². The Labute approximate surface area is 145 Å². The molecule has 0 atom stereocenters. The van der Waals surface area contributed by atoms with E-state index in [0.29, 0.717) is 11.2 Å². The monoisotopic (exact) mass is 368 g/mol. The Hall–Kier alpha value is -2.39. The maximum atomic E-state index is 11.9. The lowest BCUT2D eigenvalue weighted by Gasteiger charge is -2.09. The molecule has 0 saturated heterocycles. The highest BCUT2D eigenvalue weighted by molar-refractivity contribution is 7.92. The number of ketones is 1. The molecule has 9 heteroatoms. The van der Waals surface area contributed by atoms with Gasteiger partial charge in [-0.25, -0.2) is 8.42 Å². The van der Waals surface area contributed by atoms with Crippen molar-refractivity contribution in [3.8, 4) is 0 Å². The third-order valence-corrected chi connectivity index (χ3v) is 4.82. The van der Waals surface area contributed by atoms with Crippen molar-refractivity contribution in [1.29, 1.82) is 0 Å². The van der Waals surface area contributed by atoms with Gasteiger partial charge in [0, 0.05) is 19.7 Å². The molecule has 0 radical (unpaired) electrons. The highest BCUT2D eigenvalue weighted by atomic mass is 32.2. The van der Waals surface area contributed by atoms with Crippen LogP contribution in [0.1, 0.15) is 12.8 Å². The summed E-state index contributed by atoms with van der Waals surface area (Å²) in [5, 5.41) is 9.49. The molecule has 0 spiro atoms. The Morgan fingerprint density at radius 2 is 2.00 bits per heavy atom. The number of hydrogen-bond acceptors (Lipinski definition) is 5. The van der Waals surface area contributed by atoms with Crippen LogP contribution in [-0.2, 0) is 30.9 Å². The van der Waals surface area contributed by atoms with Crippen LogP contribution in [0.15, 0.2) is 30.5 Å². The molecule has 1 aromatic carbocycles. The fourth-order valence-electron chi connectivity index (χ4n) is 2.32. The number of nitrogens with one attached hydrogen (secondary N) is 1. The van der Waals surface area contributed by atoms with Crippen LogP contribution in [-0.4, -0.2) is 49.3 Å². The number of Topliss-reactive ketones (excluding diaryl/α,β-unsaturated/α-hetero) is 1. The molecule has 0 fully saturated rings. The fraction of sp³-hybridized carbons (Fsp3) is 0.375. The lowest BCUT2D eigenvalue weighted by atomic mass is 10.2. The van der Waals surface area contributed by atoms with Crippen LogP contribution in [0.4, 0.5) is 5.69 Å². The average Bonchev–Trinajstić information content (AvgIpc) is 2.93. The van der Waals surface area contributed by atoms with Gasteiger partial charge >= 0.3 is 5.97 Å². The first-order valence-electron chi connectivity index (χ1n) is 7.62. The van der Waals surface area contributed by atoms with E-state index in [2.05, 4.69) is 4.72 Å². The van der Waals surface area contributed by atoms with Gasteiger partial charge in [-0.1, -0.05) is 6.07 Å². The van der Waals surface area contributed by atoms with Crippen LogP contribution in [0.3, 0.4) is 0 Å². The van der Waals surface area contributed by atoms with E-state index in [4.69, 9.17) is 9.84 Å². The summed E-state index contributed by atoms with van der Waals surface area (Å²) in [5.41, 5.74) is 1.08. The number of rotatable bonds is 10. The number of carbonyl (C=O) groups is 2. The molecule has 0 unspecified atom stereocenters. The number of aromatic nitrogens is 1. The Balaban J connectivity index is 2.16. The third kappa shape index (κ3) is 5.57. The van der Waals surface area contributed by atoms with Crippen molar-refractivity contribution >= 4 is 38.4 Å². The molecular weight excluding hydrogens is 348 g/mol. The predicted octanol–water partition coefficient (Wildman–Crippen LogP) is 1.46. The Bertz CT molecular complexity index is 872. The first-order valence-corrected chi connectivity index (χ1v) is 9.28. The van der Waals surface area contributed by atoms with Crippen molar-refractivity contribution < 1.29 is 27.9 Å². The molecule has 0 bridgehead atoms. The zero-order valence-corrected chi connectivity index (χ0v) is 14.6. The molecule has 0 aliphatic rings. The SMILES string of the molecule is COCCS(=O)(=O)Nc1ccc2ccn(CC(=O)CCC(=O)O)c2c1. The summed E-state index contributed by atoms with van der Waals surface area (Å²) >= 11 is 0. The molecule has 2 rings (SSSR count). The molecule has 0 aliphatic carbocycles.